The van der Waals surface area contributed by atoms with Gasteiger partial charge in [-0.2, -0.15) is 0 Å². The van der Waals surface area contributed by atoms with Gasteiger partial charge in [-0.25, -0.2) is 4.39 Å². The van der Waals surface area contributed by atoms with E-state index in [4.69, 9.17) is 4.74 Å². The summed E-state index contributed by atoms with van der Waals surface area (Å²) in [5.74, 6) is -0.176. The maximum absolute atomic E-state index is 13.2. The van der Waals surface area contributed by atoms with Crippen molar-refractivity contribution in [3.05, 3.63) is 33.1 Å². The summed E-state index contributed by atoms with van der Waals surface area (Å²) in [5.41, 5.74) is 1.05. The van der Waals surface area contributed by atoms with Crippen LogP contribution in [0.15, 0.2) is 18.2 Å². The Morgan fingerprint density at radius 1 is 1.40 bits per heavy atom. The predicted molar refractivity (Wildman–Crippen MR) is 90.5 cm³/mol. The molecule has 4 heteroatoms. The number of ether oxygens (including phenoxy) is 1. The van der Waals surface area contributed by atoms with Crippen LogP contribution in [0, 0.1) is 9.39 Å². The molecule has 1 aromatic rings. The van der Waals surface area contributed by atoms with Crippen molar-refractivity contribution in [1.29, 1.82) is 0 Å². The molecule has 0 aliphatic carbocycles. The van der Waals surface area contributed by atoms with Crippen molar-refractivity contribution in [2.24, 2.45) is 0 Å². The van der Waals surface area contributed by atoms with Crippen LogP contribution in [0.2, 0.25) is 0 Å². The lowest BCUT2D eigenvalue weighted by Crippen LogP contribution is -2.28. The van der Waals surface area contributed by atoms with Crippen LogP contribution in [-0.4, -0.2) is 19.3 Å². The molecule has 114 valence electrons. The molecule has 2 nitrogen and oxygen atoms in total. The smallest absolute Gasteiger partial charge is 0.124 e. The lowest BCUT2D eigenvalue weighted by atomic mass is 9.94. The van der Waals surface area contributed by atoms with Crippen molar-refractivity contribution in [3.8, 4) is 0 Å². The van der Waals surface area contributed by atoms with Gasteiger partial charge in [-0.05, 0) is 79.9 Å². The quantitative estimate of drug-likeness (QED) is 0.648. The summed E-state index contributed by atoms with van der Waals surface area (Å²) >= 11 is 2.21. The third-order valence-electron chi connectivity index (χ3n) is 3.57. The average Bonchev–Trinajstić information content (AvgIpc) is 2.40. The predicted octanol–water partition coefficient (Wildman–Crippen LogP) is 4.68. The van der Waals surface area contributed by atoms with Gasteiger partial charge in [0.15, 0.2) is 0 Å². The van der Waals surface area contributed by atoms with Gasteiger partial charge in [-0.3, -0.25) is 0 Å². The Morgan fingerprint density at radius 3 is 2.65 bits per heavy atom. The fourth-order valence-corrected chi connectivity index (χ4v) is 2.92. The van der Waals surface area contributed by atoms with E-state index in [1.165, 1.54) is 5.56 Å². The topological polar surface area (TPSA) is 21.3 Å². The van der Waals surface area contributed by atoms with Gasteiger partial charge in [-0.15, -0.1) is 0 Å². The summed E-state index contributed by atoms with van der Waals surface area (Å²) in [7, 11) is 1.75. The molecule has 0 radical (unpaired) electrons. The van der Waals surface area contributed by atoms with E-state index in [0.717, 1.165) is 29.4 Å². The highest BCUT2D eigenvalue weighted by Crippen LogP contribution is 2.28. The van der Waals surface area contributed by atoms with Crippen LogP contribution in [0.25, 0.3) is 0 Å². The van der Waals surface area contributed by atoms with Gasteiger partial charge in [0.05, 0.1) is 5.60 Å². The third-order valence-corrected chi connectivity index (χ3v) is 4.50. The van der Waals surface area contributed by atoms with E-state index in [1.54, 1.807) is 19.2 Å². The van der Waals surface area contributed by atoms with Crippen molar-refractivity contribution < 1.29 is 9.13 Å². The molecule has 0 aliphatic heterocycles. The van der Waals surface area contributed by atoms with Crippen LogP contribution >= 0.6 is 22.6 Å². The monoisotopic (exact) mass is 393 g/mol. The van der Waals surface area contributed by atoms with Gasteiger partial charge in [0.25, 0.3) is 0 Å². The van der Waals surface area contributed by atoms with E-state index in [1.807, 2.05) is 6.07 Å². The third kappa shape index (κ3) is 5.66. The van der Waals surface area contributed by atoms with Crippen LogP contribution in [-0.2, 0) is 4.74 Å². The number of hydrogen-bond donors (Lipinski definition) is 1. The van der Waals surface area contributed by atoms with Gasteiger partial charge in [-0.1, -0.05) is 13.0 Å². The van der Waals surface area contributed by atoms with E-state index in [2.05, 4.69) is 48.7 Å². The minimum atomic E-state index is -0.176. The van der Waals surface area contributed by atoms with Crippen molar-refractivity contribution in [2.45, 2.75) is 51.7 Å². The summed E-state index contributed by atoms with van der Waals surface area (Å²) in [6, 6.07) is 5.28. The fourth-order valence-electron chi connectivity index (χ4n) is 2.06. The Kier molecular flexibility index (Phi) is 7.40. The second kappa shape index (κ2) is 8.29. The van der Waals surface area contributed by atoms with Crippen molar-refractivity contribution >= 4 is 22.6 Å². The van der Waals surface area contributed by atoms with Crippen LogP contribution in [0.1, 0.15) is 51.6 Å². The van der Waals surface area contributed by atoms with Crippen molar-refractivity contribution in [1.82, 2.24) is 5.32 Å². The number of hydrogen-bond acceptors (Lipinski definition) is 2. The highest BCUT2D eigenvalue weighted by atomic mass is 127. The van der Waals surface area contributed by atoms with Gasteiger partial charge < -0.3 is 10.1 Å². The van der Waals surface area contributed by atoms with Crippen LogP contribution in [0.3, 0.4) is 0 Å². The number of rotatable bonds is 8. The van der Waals surface area contributed by atoms with E-state index in [0.29, 0.717) is 0 Å². The molecule has 0 amide bonds. The first-order chi connectivity index (χ1) is 9.39. The SMILES string of the molecule is CCCNC(CCC(C)(C)OC)c1ccc(F)cc1I. The zero-order chi connectivity index (χ0) is 15.2. The molecule has 1 unspecified atom stereocenters. The zero-order valence-corrected chi connectivity index (χ0v) is 15.0. The molecule has 1 N–H and O–H groups in total. The normalized spacial score (nSPS) is 13.5. The molecule has 1 rings (SSSR count). The average molecular weight is 393 g/mol. The summed E-state index contributed by atoms with van der Waals surface area (Å²) in [4.78, 5) is 0. The summed E-state index contributed by atoms with van der Waals surface area (Å²) in [6.45, 7) is 7.31. The molecule has 1 atom stereocenters. The molecule has 20 heavy (non-hydrogen) atoms. The molecule has 1 aromatic carbocycles. The lowest BCUT2D eigenvalue weighted by Gasteiger charge is -2.27. The molecule has 0 bridgehead atoms. The molecule has 0 aliphatic rings. The number of benzene rings is 1. The molecule has 0 spiro atoms. The standard InChI is InChI=1S/C16H25FINO/c1-5-10-19-15(8-9-16(2,3)20-4)13-7-6-12(17)11-14(13)18/h6-7,11,15,19H,5,8-10H2,1-4H3. The minimum absolute atomic E-state index is 0.127. The summed E-state index contributed by atoms with van der Waals surface area (Å²) < 4.78 is 19.7. The Bertz CT molecular complexity index is 423. The van der Waals surface area contributed by atoms with Crippen LogP contribution in [0.5, 0.6) is 0 Å². The first kappa shape index (κ1) is 17.9. The first-order valence-electron chi connectivity index (χ1n) is 7.13. The van der Waals surface area contributed by atoms with Gasteiger partial charge in [0.1, 0.15) is 5.82 Å². The van der Waals surface area contributed by atoms with E-state index in [-0.39, 0.29) is 17.5 Å². The fraction of sp³-hybridized carbons (Fsp3) is 0.625. The second-order valence-electron chi connectivity index (χ2n) is 5.68. The Morgan fingerprint density at radius 2 is 2.10 bits per heavy atom. The van der Waals surface area contributed by atoms with Crippen LogP contribution < -0.4 is 5.32 Å². The summed E-state index contributed by atoms with van der Waals surface area (Å²) in [5, 5.41) is 3.56. The maximum Gasteiger partial charge on any atom is 0.124 e. The second-order valence-corrected chi connectivity index (χ2v) is 6.84. The molecular formula is C16H25FINO. The highest BCUT2D eigenvalue weighted by molar-refractivity contribution is 14.1. The van der Waals surface area contributed by atoms with Crippen LogP contribution in [0.4, 0.5) is 4.39 Å². The molecule has 0 saturated carbocycles. The van der Waals surface area contributed by atoms with E-state index in [9.17, 15) is 4.39 Å². The number of halogens is 2. The molecule has 0 heterocycles. The Hall–Kier alpha value is -0.200. The molecule has 0 fully saturated rings. The van der Waals surface area contributed by atoms with E-state index < -0.39 is 0 Å². The van der Waals surface area contributed by atoms with Gasteiger partial charge >= 0.3 is 0 Å². The molecule has 0 saturated heterocycles. The maximum atomic E-state index is 13.2. The van der Waals surface area contributed by atoms with E-state index >= 15 is 0 Å². The largest absolute Gasteiger partial charge is 0.379 e. The summed E-state index contributed by atoms with van der Waals surface area (Å²) in [6.07, 6.45) is 3.02. The lowest BCUT2D eigenvalue weighted by molar-refractivity contribution is 0.0116. The van der Waals surface area contributed by atoms with Gasteiger partial charge in [0.2, 0.25) is 0 Å². The Labute approximate surface area is 135 Å². The van der Waals surface area contributed by atoms with Crippen molar-refractivity contribution in [2.75, 3.05) is 13.7 Å². The molecular weight excluding hydrogens is 368 g/mol. The molecule has 0 aromatic heterocycles. The van der Waals surface area contributed by atoms with Crippen molar-refractivity contribution in [3.63, 3.8) is 0 Å². The minimum Gasteiger partial charge on any atom is -0.379 e. The first-order valence-corrected chi connectivity index (χ1v) is 8.21. The Balaban J connectivity index is 2.82. The number of methoxy groups -OCH3 is 1. The van der Waals surface area contributed by atoms with Gasteiger partial charge in [0, 0.05) is 16.7 Å². The highest BCUT2D eigenvalue weighted by Gasteiger charge is 2.21. The number of nitrogens with one attached hydrogen (secondary N) is 1. The zero-order valence-electron chi connectivity index (χ0n) is 12.8.